The lowest BCUT2D eigenvalue weighted by molar-refractivity contribution is -0.119. The molecule has 0 aliphatic heterocycles. The maximum Gasteiger partial charge on any atom is 0.337 e. The summed E-state index contributed by atoms with van der Waals surface area (Å²) in [6.07, 6.45) is 1.46. The number of esters is 1. The quantitative estimate of drug-likeness (QED) is 0.384. The Hall–Kier alpha value is -2.63. The summed E-state index contributed by atoms with van der Waals surface area (Å²) in [5.74, 6) is -1.28. The van der Waals surface area contributed by atoms with Crippen LogP contribution in [0, 0.1) is 0 Å². The van der Waals surface area contributed by atoms with E-state index in [1.807, 2.05) is 0 Å². The Balaban J connectivity index is 2.87. The van der Waals surface area contributed by atoms with Crippen LogP contribution in [0.3, 0.4) is 0 Å². The molecule has 0 aliphatic carbocycles. The van der Waals surface area contributed by atoms with Crippen molar-refractivity contribution in [1.82, 2.24) is 4.90 Å². The molecule has 6 heteroatoms. The fourth-order valence-electron chi connectivity index (χ4n) is 1.57. The summed E-state index contributed by atoms with van der Waals surface area (Å²) < 4.78 is 4.59. The molecular formula is C15H18N2O4. The molecule has 1 aromatic rings. The summed E-state index contributed by atoms with van der Waals surface area (Å²) in [6.45, 7) is 1.33. The van der Waals surface area contributed by atoms with Gasteiger partial charge in [-0.1, -0.05) is 0 Å². The predicted octanol–water partition coefficient (Wildman–Crippen LogP) is 1.45. The molecule has 0 radical (unpaired) electrons. The van der Waals surface area contributed by atoms with Crippen LogP contribution in [0.1, 0.15) is 17.3 Å². The van der Waals surface area contributed by atoms with Gasteiger partial charge in [0.15, 0.2) is 5.78 Å². The van der Waals surface area contributed by atoms with E-state index in [1.165, 1.54) is 32.4 Å². The van der Waals surface area contributed by atoms with Crippen LogP contribution in [-0.4, -0.2) is 43.8 Å². The topological polar surface area (TPSA) is 75.7 Å². The minimum Gasteiger partial charge on any atom is -0.465 e. The number of carbonyl (C=O) groups is 3. The van der Waals surface area contributed by atoms with Gasteiger partial charge in [-0.15, -0.1) is 0 Å². The number of nitrogens with one attached hydrogen (secondary N) is 1. The van der Waals surface area contributed by atoms with Gasteiger partial charge in [0.25, 0.3) is 5.91 Å². The highest BCUT2D eigenvalue weighted by Gasteiger charge is 2.15. The summed E-state index contributed by atoms with van der Waals surface area (Å²) in [5, 5.41) is 2.61. The number of methoxy groups -OCH3 is 1. The Labute approximate surface area is 123 Å². The van der Waals surface area contributed by atoms with E-state index in [0.717, 1.165) is 0 Å². The van der Waals surface area contributed by atoms with Crippen molar-refractivity contribution < 1.29 is 19.1 Å². The first-order valence-electron chi connectivity index (χ1n) is 6.24. The number of benzene rings is 1. The van der Waals surface area contributed by atoms with E-state index < -0.39 is 11.9 Å². The van der Waals surface area contributed by atoms with E-state index in [2.05, 4.69) is 10.1 Å². The zero-order chi connectivity index (χ0) is 16.0. The van der Waals surface area contributed by atoms with Crippen molar-refractivity contribution in [2.24, 2.45) is 0 Å². The van der Waals surface area contributed by atoms with Crippen molar-refractivity contribution in [1.29, 1.82) is 0 Å². The van der Waals surface area contributed by atoms with Crippen molar-refractivity contribution in [3.05, 3.63) is 41.6 Å². The number of carbonyl (C=O) groups excluding carboxylic acids is 3. The van der Waals surface area contributed by atoms with E-state index in [-0.39, 0.29) is 11.4 Å². The molecule has 0 aromatic heterocycles. The highest BCUT2D eigenvalue weighted by molar-refractivity contribution is 6.22. The molecule has 6 nitrogen and oxygen atoms in total. The standard InChI is InChI=1S/C15H18N2O4/c1-10(18)13(9-17(2)3)14(19)16-12-7-5-11(6-8-12)15(20)21-4/h5-9H,1-4H3,(H,16,19). The average Bonchev–Trinajstić information content (AvgIpc) is 2.44. The second-order valence-corrected chi connectivity index (χ2v) is 4.59. The number of ketones is 1. The Morgan fingerprint density at radius 2 is 1.71 bits per heavy atom. The fourth-order valence-corrected chi connectivity index (χ4v) is 1.57. The third kappa shape index (κ3) is 4.76. The first-order chi connectivity index (χ1) is 9.85. The SMILES string of the molecule is COC(=O)c1ccc(NC(=O)C(=CN(C)C)C(C)=O)cc1. The van der Waals surface area contributed by atoms with Crippen LogP contribution < -0.4 is 5.32 Å². The first kappa shape index (κ1) is 16.4. The van der Waals surface area contributed by atoms with Crippen molar-refractivity contribution >= 4 is 23.3 Å². The second kappa shape index (κ2) is 7.23. The number of Topliss-reactive ketones (excluding diaryl/α,β-unsaturated/α-hetero) is 1. The van der Waals surface area contributed by atoms with Crippen LogP contribution >= 0.6 is 0 Å². The van der Waals surface area contributed by atoms with Crippen molar-refractivity contribution in [2.45, 2.75) is 6.92 Å². The van der Waals surface area contributed by atoms with Gasteiger partial charge in [-0.25, -0.2) is 4.79 Å². The summed E-state index contributed by atoms with van der Waals surface area (Å²) in [7, 11) is 4.74. The normalized spacial score (nSPS) is 10.8. The molecule has 0 saturated heterocycles. The number of nitrogens with zero attached hydrogens (tertiary/aromatic N) is 1. The number of anilines is 1. The second-order valence-electron chi connectivity index (χ2n) is 4.59. The molecule has 0 heterocycles. The van der Waals surface area contributed by atoms with Crippen molar-refractivity contribution in [3.8, 4) is 0 Å². The molecule has 0 saturated carbocycles. The highest BCUT2D eigenvalue weighted by atomic mass is 16.5. The molecular weight excluding hydrogens is 272 g/mol. The summed E-state index contributed by atoms with van der Waals surface area (Å²) >= 11 is 0. The van der Waals surface area contributed by atoms with E-state index >= 15 is 0 Å². The summed E-state index contributed by atoms with van der Waals surface area (Å²) in [6, 6.07) is 6.20. The van der Waals surface area contributed by atoms with Crippen LogP contribution in [0.5, 0.6) is 0 Å². The molecule has 0 bridgehead atoms. The molecule has 1 amide bonds. The first-order valence-corrected chi connectivity index (χ1v) is 6.24. The van der Waals surface area contributed by atoms with Gasteiger partial charge in [0.05, 0.1) is 18.2 Å². The number of hydrogen-bond acceptors (Lipinski definition) is 5. The molecule has 1 rings (SSSR count). The van der Waals surface area contributed by atoms with E-state index in [0.29, 0.717) is 11.3 Å². The largest absolute Gasteiger partial charge is 0.465 e. The Kier molecular flexibility index (Phi) is 5.66. The molecule has 21 heavy (non-hydrogen) atoms. The number of ether oxygens (including phenoxy) is 1. The van der Waals surface area contributed by atoms with Crippen LogP contribution in [0.4, 0.5) is 5.69 Å². The summed E-state index contributed by atoms with van der Waals surface area (Å²) in [4.78, 5) is 36.4. The number of hydrogen-bond donors (Lipinski definition) is 1. The van der Waals surface area contributed by atoms with Gasteiger partial charge < -0.3 is 15.0 Å². The predicted molar refractivity (Wildman–Crippen MR) is 78.9 cm³/mol. The fraction of sp³-hybridized carbons (Fsp3) is 0.267. The maximum absolute atomic E-state index is 12.0. The van der Waals surface area contributed by atoms with Gasteiger partial charge in [-0.05, 0) is 31.2 Å². The lowest BCUT2D eigenvalue weighted by atomic mass is 10.1. The molecule has 112 valence electrons. The molecule has 0 fully saturated rings. The van der Waals surface area contributed by atoms with Gasteiger partial charge in [-0.2, -0.15) is 0 Å². The Morgan fingerprint density at radius 1 is 1.14 bits per heavy atom. The zero-order valence-corrected chi connectivity index (χ0v) is 12.5. The molecule has 1 N–H and O–H groups in total. The molecule has 1 aromatic carbocycles. The Morgan fingerprint density at radius 3 is 2.14 bits per heavy atom. The molecule has 0 unspecified atom stereocenters. The molecule has 0 spiro atoms. The highest BCUT2D eigenvalue weighted by Crippen LogP contribution is 2.12. The van der Waals surface area contributed by atoms with Gasteiger partial charge in [-0.3, -0.25) is 9.59 Å². The third-order valence-electron chi connectivity index (χ3n) is 2.58. The molecule has 0 aliphatic rings. The van der Waals surface area contributed by atoms with E-state index in [4.69, 9.17) is 0 Å². The van der Waals surface area contributed by atoms with Crippen molar-refractivity contribution in [2.75, 3.05) is 26.5 Å². The van der Waals surface area contributed by atoms with Gasteiger partial charge in [0.1, 0.15) is 0 Å². The van der Waals surface area contributed by atoms with Gasteiger partial charge in [0.2, 0.25) is 0 Å². The van der Waals surface area contributed by atoms with Crippen LogP contribution in [0.25, 0.3) is 0 Å². The average molecular weight is 290 g/mol. The zero-order valence-electron chi connectivity index (χ0n) is 12.5. The third-order valence-corrected chi connectivity index (χ3v) is 2.58. The van der Waals surface area contributed by atoms with Gasteiger partial charge in [0, 0.05) is 26.0 Å². The monoisotopic (exact) mass is 290 g/mol. The van der Waals surface area contributed by atoms with Crippen LogP contribution in [-0.2, 0) is 14.3 Å². The van der Waals surface area contributed by atoms with Gasteiger partial charge >= 0.3 is 5.97 Å². The van der Waals surface area contributed by atoms with E-state index in [1.54, 1.807) is 31.1 Å². The lowest BCUT2D eigenvalue weighted by Gasteiger charge is -2.10. The maximum atomic E-state index is 12.0. The van der Waals surface area contributed by atoms with Crippen LogP contribution in [0.2, 0.25) is 0 Å². The number of rotatable bonds is 5. The van der Waals surface area contributed by atoms with Crippen LogP contribution in [0.15, 0.2) is 36.0 Å². The smallest absolute Gasteiger partial charge is 0.337 e. The van der Waals surface area contributed by atoms with E-state index in [9.17, 15) is 14.4 Å². The minimum atomic E-state index is -0.498. The number of amides is 1. The molecule has 0 atom stereocenters. The minimum absolute atomic E-state index is 0.0528. The Bertz CT molecular complexity index is 574. The summed E-state index contributed by atoms with van der Waals surface area (Å²) in [5.41, 5.74) is 0.918. The van der Waals surface area contributed by atoms with Crippen molar-refractivity contribution in [3.63, 3.8) is 0 Å². The lowest BCUT2D eigenvalue weighted by Crippen LogP contribution is -2.21.